The first-order valence-electron chi connectivity index (χ1n) is 5.38. The third kappa shape index (κ3) is 3.04. The molecule has 1 rings (SSSR count). The molecule has 0 aromatic rings. The minimum absolute atomic E-state index is 0.144. The average Bonchev–Trinajstić information content (AvgIpc) is 2.16. The second-order valence-electron chi connectivity index (χ2n) is 3.71. The lowest BCUT2D eigenvalue weighted by molar-refractivity contribution is -0.127. The van der Waals surface area contributed by atoms with E-state index in [1.807, 2.05) is 18.7 Å². The maximum Gasteiger partial charge on any atom is 0.249 e. The normalized spacial score (nSPS) is 14.7. The van der Waals surface area contributed by atoms with Crippen LogP contribution in [0.25, 0.3) is 0 Å². The molecule has 0 aliphatic carbocycles. The monoisotopic (exact) mass is 212 g/mol. The molecule has 0 atom stereocenters. The van der Waals surface area contributed by atoms with Gasteiger partial charge in [-0.15, -0.1) is 0 Å². The zero-order valence-electron chi connectivity index (χ0n) is 9.80. The summed E-state index contributed by atoms with van der Waals surface area (Å²) in [5, 5.41) is 3.14. The molecule has 1 aliphatic heterocycles. The van der Waals surface area contributed by atoms with Crippen LogP contribution in [-0.2, 0) is 9.53 Å². The summed E-state index contributed by atoms with van der Waals surface area (Å²) >= 11 is 0. The van der Waals surface area contributed by atoms with E-state index in [1.165, 1.54) is 5.57 Å². The fourth-order valence-corrected chi connectivity index (χ4v) is 1.51. The van der Waals surface area contributed by atoms with Gasteiger partial charge >= 0.3 is 0 Å². The van der Waals surface area contributed by atoms with E-state index < -0.39 is 0 Å². The molecule has 1 amide bonds. The third-order valence-electron chi connectivity index (χ3n) is 2.76. The fourth-order valence-electron chi connectivity index (χ4n) is 1.51. The molecule has 0 aromatic carbocycles. The van der Waals surface area contributed by atoms with Gasteiger partial charge in [0.25, 0.3) is 0 Å². The summed E-state index contributed by atoms with van der Waals surface area (Å²) in [7, 11) is 1.65. The number of nitrogens with one attached hydrogen (secondary N) is 1. The maximum absolute atomic E-state index is 12.0. The summed E-state index contributed by atoms with van der Waals surface area (Å²) in [4.78, 5) is 13.8. The number of carbonyl (C=O) groups is 1. The highest BCUT2D eigenvalue weighted by Gasteiger charge is 2.19. The van der Waals surface area contributed by atoms with Gasteiger partial charge in [0, 0.05) is 38.9 Å². The van der Waals surface area contributed by atoms with E-state index in [1.54, 1.807) is 7.11 Å². The Kier molecular flexibility index (Phi) is 4.78. The molecule has 1 heterocycles. The zero-order valence-corrected chi connectivity index (χ0v) is 9.80. The van der Waals surface area contributed by atoms with Crippen LogP contribution >= 0.6 is 0 Å². The molecule has 0 radical (unpaired) electrons. The molecule has 1 aliphatic rings. The smallest absolute Gasteiger partial charge is 0.249 e. The fraction of sp³-hybridized carbons (Fsp3) is 0.727. The first-order valence-corrected chi connectivity index (χ1v) is 5.38. The summed E-state index contributed by atoms with van der Waals surface area (Å²) in [6, 6.07) is 0. The lowest BCUT2D eigenvalue weighted by Gasteiger charge is -2.26. The number of nitrogens with zero attached hydrogens (tertiary/aromatic N) is 1. The summed E-state index contributed by atoms with van der Waals surface area (Å²) in [6.45, 7) is 7.63. The zero-order chi connectivity index (χ0) is 11.3. The Bertz CT molecular complexity index is 255. The van der Waals surface area contributed by atoms with Gasteiger partial charge in [-0.05, 0) is 19.4 Å². The van der Waals surface area contributed by atoms with E-state index in [0.29, 0.717) is 13.2 Å². The van der Waals surface area contributed by atoms with E-state index in [0.717, 1.165) is 25.2 Å². The van der Waals surface area contributed by atoms with Gasteiger partial charge in [-0.1, -0.05) is 0 Å². The predicted octanol–water partition coefficient (Wildman–Crippen LogP) is 0.401. The van der Waals surface area contributed by atoms with Crippen molar-refractivity contribution >= 4 is 5.91 Å². The van der Waals surface area contributed by atoms with E-state index in [9.17, 15) is 4.79 Å². The Labute approximate surface area is 91.3 Å². The van der Waals surface area contributed by atoms with Crippen molar-refractivity contribution in [3.63, 3.8) is 0 Å². The molecule has 86 valence electrons. The first kappa shape index (κ1) is 12.2. The standard InChI is InChI=1S/C11H20N2O2/c1-4-13(5-6-15-3)11(14)9(2)10-7-12-8-10/h12H,4-8H2,1-3H3. The number of likely N-dealkylation sites (N-methyl/N-ethyl adjacent to an activating group) is 1. The largest absolute Gasteiger partial charge is 0.383 e. The van der Waals surface area contributed by atoms with Gasteiger partial charge in [-0.25, -0.2) is 0 Å². The Hall–Kier alpha value is -0.870. The second kappa shape index (κ2) is 5.88. The second-order valence-corrected chi connectivity index (χ2v) is 3.71. The van der Waals surface area contributed by atoms with E-state index in [2.05, 4.69) is 5.32 Å². The summed E-state index contributed by atoms with van der Waals surface area (Å²) in [5.41, 5.74) is 2.13. The molecule has 1 saturated heterocycles. The number of hydrogen-bond donors (Lipinski definition) is 1. The van der Waals surface area contributed by atoms with Crippen molar-refractivity contribution < 1.29 is 9.53 Å². The van der Waals surface area contributed by atoms with Gasteiger partial charge in [0.15, 0.2) is 0 Å². The first-order chi connectivity index (χ1) is 7.20. The molecular weight excluding hydrogens is 192 g/mol. The van der Waals surface area contributed by atoms with E-state index >= 15 is 0 Å². The number of amides is 1. The molecular formula is C11H20N2O2. The van der Waals surface area contributed by atoms with Crippen molar-refractivity contribution in [3.8, 4) is 0 Å². The maximum atomic E-state index is 12.0. The highest BCUT2D eigenvalue weighted by Crippen LogP contribution is 2.11. The van der Waals surface area contributed by atoms with Crippen LogP contribution in [0.3, 0.4) is 0 Å². The Morgan fingerprint density at radius 1 is 1.53 bits per heavy atom. The molecule has 1 fully saturated rings. The van der Waals surface area contributed by atoms with Gasteiger partial charge in [-0.3, -0.25) is 4.79 Å². The van der Waals surface area contributed by atoms with Crippen LogP contribution in [0.15, 0.2) is 11.1 Å². The number of hydrogen-bond acceptors (Lipinski definition) is 3. The molecule has 15 heavy (non-hydrogen) atoms. The van der Waals surface area contributed by atoms with Crippen LogP contribution in [0.2, 0.25) is 0 Å². The molecule has 0 spiro atoms. The van der Waals surface area contributed by atoms with Gasteiger partial charge < -0.3 is 15.0 Å². The SMILES string of the molecule is CCN(CCOC)C(=O)C(C)=C1CNC1. The molecule has 0 saturated carbocycles. The average molecular weight is 212 g/mol. The topological polar surface area (TPSA) is 41.6 Å². The van der Waals surface area contributed by atoms with Crippen LogP contribution in [0.4, 0.5) is 0 Å². The summed E-state index contributed by atoms with van der Waals surface area (Å²) < 4.78 is 4.98. The number of ether oxygens (including phenoxy) is 1. The number of carbonyl (C=O) groups excluding carboxylic acids is 1. The van der Waals surface area contributed by atoms with Crippen molar-refractivity contribution in [2.45, 2.75) is 13.8 Å². The van der Waals surface area contributed by atoms with E-state index in [4.69, 9.17) is 4.74 Å². The van der Waals surface area contributed by atoms with Crippen LogP contribution < -0.4 is 5.32 Å². The minimum Gasteiger partial charge on any atom is -0.383 e. The van der Waals surface area contributed by atoms with Crippen LogP contribution in [0.5, 0.6) is 0 Å². The highest BCUT2D eigenvalue weighted by atomic mass is 16.5. The van der Waals surface area contributed by atoms with Crippen molar-refractivity contribution in [1.29, 1.82) is 0 Å². The molecule has 0 aromatic heterocycles. The number of methoxy groups -OCH3 is 1. The molecule has 0 bridgehead atoms. The predicted molar refractivity (Wildman–Crippen MR) is 59.7 cm³/mol. The van der Waals surface area contributed by atoms with Crippen molar-refractivity contribution in [2.24, 2.45) is 0 Å². The lowest BCUT2D eigenvalue weighted by atomic mass is 10.0. The highest BCUT2D eigenvalue weighted by molar-refractivity contribution is 5.94. The van der Waals surface area contributed by atoms with Crippen molar-refractivity contribution in [1.82, 2.24) is 10.2 Å². The molecule has 1 N–H and O–H groups in total. The van der Waals surface area contributed by atoms with Crippen LogP contribution in [-0.4, -0.2) is 50.7 Å². The Morgan fingerprint density at radius 2 is 2.20 bits per heavy atom. The van der Waals surface area contributed by atoms with Gasteiger partial charge in [0.1, 0.15) is 0 Å². The lowest BCUT2D eigenvalue weighted by Crippen LogP contribution is -2.40. The molecule has 4 heteroatoms. The minimum atomic E-state index is 0.144. The van der Waals surface area contributed by atoms with Crippen LogP contribution in [0, 0.1) is 0 Å². The van der Waals surface area contributed by atoms with Gasteiger partial charge in [0.2, 0.25) is 5.91 Å². The quantitative estimate of drug-likeness (QED) is 0.671. The molecule has 4 nitrogen and oxygen atoms in total. The van der Waals surface area contributed by atoms with Crippen LogP contribution in [0.1, 0.15) is 13.8 Å². The molecule has 0 unspecified atom stereocenters. The van der Waals surface area contributed by atoms with E-state index in [-0.39, 0.29) is 5.91 Å². The number of rotatable bonds is 5. The van der Waals surface area contributed by atoms with Crippen molar-refractivity contribution in [3.05, 3.63) is 11.1 Å². The van der Waals surface area contributed by atoms with Gasteiger partial charge in [0.05, 0.1) is 6.61 Å². The summed E-state index contributed by atoms with van der Waals surface area (Å²) in [6.07, 6.45) is 0. The third-order valence-corrected chi connectivity index (χ3v) is 2.76. The van der Waals surface area contributed by atoms with Gasteiger partial charge in [-0.2, -0.15) is 0 Å². The Balaban J connectivity index is 2.55. The Morgan fingerprint density at radius 3 is 2.60 bits per heavy atom. The van der Waals surface area contributed by atoms with Crippen molar-refractivity contribution in [2.75, 3.05) is 39.9 Å². The summed E-state index contributed by atoms with van der Waals surface area (Å²) in [5.74, 6) is 0.144.